The normalized spacial score (nSPS) is 14.3. The van der Waals surface area contributed by atoms with Crippen LogP contribution in [0.15, 0.2) is 42.6 Å². The zero-order valence-electron chi connectivity index (χ0n) is 17.7. The Bertz CT molecular complexity index is 864. The molecule has 30 heavy (non-hydrogen) atoms. The van der Waals surface area contributed by atoms with Crippen molar-refractivity contribution in [2.45, 2.75) is 13.5 Å². The van der Waals surface area contributed by atoms with E-state index in [-0.39, 0.29) is 12.6 Å². The van der Waals surface area contributed by atoms with E-state index in [1.54, 1.807) is 24.1 Å². The first-order valence-corrected chi connectivity index (χ1v) is 10.0. The van der Waals surface area contributed by atoms with E-state index in [0.29, 0.717) is 30.1 Å². The number of hydrogen-bond acceptors (Lipinski definition) is 6. The molecule has 0 N–H and O–H groups in total. The SMILES string of the molecule is CCN1CCN(C(=O)N(Cc2ccc(C(=O)OC)cn2)c2cccc(OC)c2)CC1. The summed E-state index contributed by atoms with van der Waals surface area (Å²) >= 11 is 0. The quantitative estimate of drug-likeness (QED) is 0.679. The first-order chi connectivity index (χ1) is 14.5. The van der Waals surface area contributed by atoms with Crippen LogP contribution in [0.25, 0.3) is 0 Å². The predicted octanol–water partition coefficient (Wildman–Crippen LogP) is 2.64. The second-order valence-corrected chi connectivity index (χ2v) is 7.02. The van der Waals surface area contributed by atoms with E-state index in [1.807, 2.05) is 29.2 Å². The van der Waals surface area contributed by atoms with Crippen LogP contribution in [0, 0.1) is 0 Å². The highest BCUT2D eigenvalue weighted by Gasteiger charge is 2.26. The van der Waals surface area contributed by atoms with Gasteiger partial charge in [0.15, 0.2) is 0 Å². The number of aromatic nitrogens is 1. The number of anilines is 1. The summed E-state index contributed by atoms with van der Waals surface area (Å²) in [6.07, 6.45) is 1.47. The number of benzene rings is 1. The monoisotopic (exact) mass is 412 g/mol. The summed E-state index contributed by atoms with van der Waals surface area (Å²) in [7, 11) is 2.93. The van der Waals surface area contributed by atoms with Crippen molar-refractivity contribution >= 4 is 17.7 Å². The number of hydrogen-bond donors (Lipinski definition) is 0. The molecular weight excluding hydrogens is 384 g/mol. The molecule has 160 valence electrons. The Balaban J connectivity index is 1.84. The van der Waals surface area contributed by atoms with E-state index in [2.05, 4.69) is 16.8 Å². The van der Waals surface area contributed by atoms with Crippen molar-refractivity contribution in [3.8, 4) is 5.75 Å². The lowest BCUT2D eigenvalue weighted by Crippen LogP contribution is -2.52. The van der Waals surface area contributed by atoms with Crippen LogP contribution in [-0.4, -0.2) is 73.7 Å². The fourth-order valence-electron chi connectivity index (χ4n) is 3.39. The summed E-state index contributed by atoms with van der Waals surface area (Å²) in [5.74, 6) is 0.235. The molecule has 1 aromatic carbocycles. The van der Waals surface area contributed by atoms with Gasteiger partial charge in [0, 0.05) is 44.1 Å². The van der Waals surface area contributed by atoms with Gasteiger partial charge in [-0.15, -0.1) is 0 Å². The van der Waals surface area contributed by atoms with Crippen LogP contribution < -0.4 is 9.64 Å². The molecular formula is C22H28N4O4. The highest BCUT2D eigenvalue weighted by molar-refractivity contribution is 5.92. The van der Waals surface area contributed by atoms with Gasteiger partial charge in [0.25, 0.3) is 0 Å². The zero-order valence-corrected chi connectivity index (χ0v) is 17.7. The maximum absolute atomic E-state index is 13.4. The Labute approximate surface area is 177 Å². The number of carbonyl (C=O) groups is 2. The minimum atomic E-state index is -0.441. The van der Waals surface area contributed by atoms with Crippen molar-refractivity contribution in [3.63, 3.8) is 0 Å². The highest BCUT2D eigenvalue weighted by Crippen LogP contribution is 2.24. The maximum atomic E-state index is 13.4. The van der Waals surface area contributed by atoms with Gasteiger partial charge in [-0.2, -0.15) is 0 Å². The second kappa shape index (κ2) is 10.1. The Hall–Kier alpha value is -3.13. The number of amides is 2. The third-order valence-corrected chi connectivity index (χ3v) is 5.25. The summed E-state index contributed by atoms with van der Waals surface area (Å²) < 4.78 is 10.1. The van der Waals surface area contributed by atoms with E-state index in [1.165, 1.54) is 13.3 Å². The summed E-state index contributed by atoms with van der Waals surface area (Å²) in [5.41, 5.74) is 1.78. The van der Waals surface area contributed by atoms with Crippen molar-refractivity contribution in [2.75, 3.05) is 51.8 Å². The Kier molecular flexibility index (Phi) is 7.24. The van der Waals surface area contributed by atoms with E-state index in [0.717, 1.165) is 25.3 Å². The molecule has 2 amide bonds. The van der Waals surface area contributed by atoms with Gasteiger partial charge in [0.05, 0.1) is 32.0 Å². The van der Waals surface area contributed by atoms with Crippen LogP contribution in [-0.2, 0) is 11.3 Å². The number of urea groups is 1. The molecule has 0 spiro atoms. The molecule has 3 rings (SSSR count). The number of carbonyl (C=O) groups excluding carboxylic acids is 2. The van der Waals surface area contributed by atoms with Crippen LogP contribution in [0.5, 0.6) is 5.75 Å². The molecule has 0 atom stereocenters. The van der Waals surface area contributed by atoms with Crippen LogP contribution in [0.1, 0.15) is 23.0 Å². The van der Waals surface area contributed by atoms with Gasteiger partial charge in [-0.25, -0.2) is 9.59 Å². The Morgan fingerprint density at radius 1 is 1.10 bits per heavy atom. The lowest BCUT2D eigenvalue weighted by Gasteiger charge is -2.37. The largest absolute Gasteiger partial charge is 0.497 e. The molecule has 1 fully saturated rings. The van der Waals surface area contributed by atoms with Crippen molar-refractivity contribution in [3.05, 3.63) is 53.9 Å². The van der Waals surface area contributed by atoms with Crippen molar-refractivity contribution in [1.29, 1.82) is 0 Å². The number of rotatable bonds is 6. The summed E-state index contributed by atoms with van der Waals surface area (Å²) in [6, 6.07) is 10.7. The number of likely N-dealkylation sites (N-methyl/N-ethyl adjacent to an activating group) is 1. The molecule has 0 bridgehead atoms. The summed E-state index contributed by atoms with van der Waals surface area (Å²) in [6.45, 7) is 6.48. The van der Waals surface area contributed by atoms with Gasteiger partial charge < -0.3 is 19.3 Å². The third-order valence-electron chi connectivity index (χ3n) is 5.25. The fraction of sp³-hybridized carbons (Fsp3) is 0.409. The molecule has 2 aromatic rings. The van der Waals surface area contributed by atoms with E-state index >= 15 is 0 Å². The topological polar surface area (TPSA) is 75.2 Å². The minimum absolute atomic E-state index is 0.0714. The van der Waals surface area contributed by atoms with E-state index < -0.39 is 5.97 Å². The minimum Gasteiger partial charge on any atom is -0.497 e. The molecule has 1 aliphatic rings. The molecule has 1 aliphatic heterocycles. The van der Waals surface area contributed by atoms with Crippen LogP contribution in [0.3, 0.4) is 0 Å². The van der Waals surface area contributed by atoms with E-state index in [9.17, 15) is 9.59 Å². The number of esters is 1. The lowest BCUT2D eigenvalue weighted by atomic mass is 10.2. The summed E-state index contributed by atoms with van der Waals surface area (Å²) in [4.78, 5) is 35.3. The first-order valence-electron chi connectivity index (χ1n) is 10.0. The highest BCUT2D eigenvalue weighted by atomic mass is 16.5. The molecule has 0 unspecified atom stereocenters. The van der Waals surface area contributed by atoms with E-state index in [4.69, 9.17) is 9.47 Å². The van der Waals surface area contributed by atoms with Crippen LogP contribution in [0.2, 0.25) is 0 Å². The zero-order chi connectivity index (χ0) is 21.5. The Morgan fingerprint density at radius 2 is 1.87 bits per heavy atom. The number of piperazine rings is 1. The van der Waals surface area contributed by atoms with Gasteiger partial charge in [0.1, 0.15) is 5.75 Å². The number of pyridine rings is 1. The fourth-order valence-corrected chi connectivity index (χ4v) is 3.39. The number of methoxy groups -OCH3 is 2. The third kappa shape index (κ3) is 5.07. The molecule has 0 aliphatic carbocycles. The van der Waals surface area contributed by atoms with Crippen molar-refractivity contribution in [1.82, 2.24) is 14.8 Å². The molecule has 1 saturated heterocycles. The average molecular weight is 412 g/mol. The molecule has 1 aromatic heterocycles. The molecule has 0 radical (unpaired) electrons. The molecule has 8 nitrogen and oxygen atoms in total. The van der Waals surface area contributed by atoms with Gasteiger partial charge in [-0.05, 0) is 30.8 Å². The molecule has 0 saturated carbocycles. The average Bonchev–Trinajstić information content (AvgIpc) is 2.82. The molecule has 2 heterocycles. The van der Waals surface area contributed by atoms with Gasteiger partial charge in [0.2, 0.25) is 0 Å². The molecule has 8 heteroatoms. The maximum Gasteiger partial charge on any atom is 0.339 e. The Morgan fingerprint density at radius 3 is 2.47 bits per heavy atom. The second-order valence-electron chi connectivity index (χ2n) is 7.02. The smallest absolute Gasteiger partial charge is 0.339 e. The number of ether oxygens (including phenoxy) is 2. The predicted molar refractivity (Wildman–Crippen MR) is 114 cm³/mol. The van der Waals surface area contributed by atoms with Crippen LogP contribution >= 0.6 is 0 Å². The van der Waals surface area contributed by atoms with Crippen molar-refractivity contribution in [2.24, 2.45) is 0 Å². The van der Waals surface area contributed by atoms with Gasteiger partial charge in [-0.1, -0.05) is 13.0 Å². The standard InChI is InChI=1S/C22H28N4O4/c1-4-24-10-12-25(13-11-24)22(28)26(19-6-5-7-20(14-19)29-2)16-18-9-8-17(15-23-18)21(27)30-3/h5-9,14-15H,4,10-13,16H2,1-3H3. The summed E-state index contributed by atoms with van der Waals surface area (Å²) in [5, 5.41) is 0. The van der Waals surface area contributed by atoms with Crippen LogP contribution in [0.4, 0.5) is 10.5 Å². The first kappa shape index (κ1) is 21.6. The van der Waals surface area contributed by atoms with Gasteiger partial charge >= 0.3 is 12.0 Å². The van der Waals surface area contributed by atoms with Gasteiger partial charge in [-0.3, -0.25) is 9.88 Å². The van der Waals surface area contributed by atoms with Crippen molar-refractivity contribution < 1.29 is 19.1 Å². The number of nitrogens with zero attached hydrogens (tertiary/aromatic N) is 4. The lowest BCUT2D eigenvalue weighted by molar-refractivity contribution is 0.0600.